The number of rotatable bonds is 4. The predicted octanol–water partition coefficient (Wildman–Crippen LogP) is 3.36. The Kier molecular flexibility index (Phi) is 5.16. The fraction of sp³-hybridized carbons (Fsp3) is 0.261. The first-order chi connectivity index (χ1) is 14.1. The second-order valence-electron chi connectivity index (χ2n) is 7.28. The van der Waals surface area contributed by atoms with Crippen LogP contribution in [0.25, 0.3) is 10.9 Å². The van der Waals surface area contributed by atoms with Crippen LogP contribution in [0.15, 0.2) is 54.6 Å². The van der Waals surface area contributed by atoms with Gasteiger partial charge in [-0.1, -0.05) is 24.3 Å². The molecule has 0 bridgehead atoms. The Morgan fingerprint density at radius 1 is 1.07 bits per heavy atom. The van der Waals surface area contributed by atoms with E-state index in [0.29, 0.717) is 30.0 Å². The van der Waals surface area contributed by atoms with Crippen LogP contribution in [0.3, 0.4) is 0 Å². The van der Waals surface area contributed by atoms with Gasteiger partial charge in [-0.25, -0.2) is 0 Å². The molecule has 2 amide bonds. The van der Waals surface area contributed by atoms with Gasteiger partial charge in [-0.15, -0.1) is 0 Å². The van der Waals surface area contributed by atoms with Crippen LogP contribution in [0.4, 0.5) is 0 Å². The zero-order valence-electron chi connectivity index (χ0n) is 16.3. The third-order valence-corrected chi connectivity index (χ3v) is 5.50. The summed E-state index contributed by atoms with van der Waals surface area (Å²) >= 11 is 0. The van der Waals surface area contributed by atoms with Gasteiger partial charge in [0.1, 0.15) is 5.75 Å². The van der Waals surface area contributed by atoms with Crippen molar-refractivity contribution in [3.05, 3.63) is 71.4 Å². The molecule has 4 rings (SSSR count). The number of amides is 2. The van der Waals surface area contributed by atoms with E-state index in [1.54, 1.807) is 19.2 Å². The van der Waals surface area contributed by atoms with Crippen LogP contribution < -0.4 is 10.5 Å². The minimum absolute atomic E-state index is 0.0102. The van der Waals surface area contributed by atoms with Gasteiger partial charge < -0.3 is 15.4 Å². The summed E-state index contributed by atoms with van der Waals surface area (Å²) < 4.78 is 5.22. The molecule has 3 aromatic rings. The normalized spacial score (nSPS) is 14.7. The smallest absolute Gasteiger partial charge is 0.253 e. The molecule has 0 aliphatic carbocycles. The lowest BCUT2D eigenvalue weighted by Gasteiger charge is -2.32. The number of pyridine rings is 1. The number of primary amides is 1. The topological polar surface area (TPSA) is 85.5 Å². The van der Waals surface area contributed by atoms with Crippen molar-refractivity contribution in [2.75, 3.05) is 20.2 Å². The first kappa shape index (κ1) is 18.9. The van der Waals surface area contributed by atoms with Crippen molar-refractivity contribution in [1.82, 2.24) is 9.88 Å². The molecule has 29 heavy (non-hydrogen) atoms. The number of fused-ring (bicyclic) bond motifs is 1. The minimum Gasteiger partial charge on any atom is -0.497 e. The lowest BCUT2D eigenvalue weighted by molar-refractivity contribution is 0.0710. The summed E-state index contributed by atoms with van der Waals surface area (Å²) in [6.45, 7) is 1.21. The molecule has 6 nitrogen and oxygen atoms in total. The van der Waals surface area contributed by atoms with E-state index < -0.39 is 5.91 Å². The van der Waals surface area contributed by atoms with Gasteiger partial charge in [-0.2, -0.15) is 0 Å². The van der Waals surface area contributed by atoms with Crippen molar-refractivity contribution in [1.29, 1.82) is 0 Å². The standard InChI is InChI=1S/C23H23N3O3/c1-29-18-7-4-6-17(13-18)23(28)26-11-9-15(10-12-26)21-19(22(24)27)14-16-5-2-3-8-20(16)25-21/h2-8,13-15H,9-12H2,1H3,(H2,24,27). The summed E-state index contributed by atoms with van der Waals surface area (Å²) in [6.07, 6.45) is 1.47. The Morgan fingerprint density at radius 2 is 1.83 bits per heavy atom. The molecule has 0 unspecified atom stereocenters. The third kappa shape index (κ3) is 3.78. The summed E-state index contributed by atoms with van der Waals surface area (Å²) in [6, 6.07) is 16.7. The van der Waals surface area contributed by atoms with E-state index in [1.165, 1.54) is 0 Å². The molecule has 1 fully saturated rings. The Labute approximate surface area is 169 Å². The van der Waals surface area contributed by atoms with E-state index in [4.69, 9.17) is 15.5 Å². The van der Waals surface area contributed by atoms with E-state index in [2.05, 4.69) is 0 Å². The third-order valence-electron chi connectivity index (χ3n) is 5.50. The molecule has 148 valence electrons. The average molecular weight is 389 g/mol. The lowest BCUT2D eigenvalue weighted by Crippen LogP contribution is -2.38. The zero-order valence-corrected chi connectivity index (χ0v) is 16.3. The van der Waals surface area contributed by atoms with Crippen LogP contribution >= 0.6 is 0 Å². The SMILES string of the molecule is COc1cccc(C(=O)N2CCC(c3nc4ccccc4cc3C(N)=O)CC2)c1. The van der Waals surface area contributed by atoms with Crippen molar-refractivity contribution in [2.24, 2.45) is 5.73 Å². The molecule has 0 atom stereocenters. The number of benzene rings is 2. The van der Waals surface area contributed by atoms with E-state index in [9.17, 15) is 9.59 Å². The summed E-state index contributed by atoms with van der Waals surface area (Å²) in [4.78, 5) is 31.5. The summed E-state index contributed by atoms with van der Waals surface area (Å²) in [5, 5.41) is 0.899. The Hall–Kier alpha value is -3.41. The number of carbonyl (C=O) groups excluding carboxylic acids is 2. The van der Waals surface area contributed by atoms with Crippen LogP contribution in [-0.4, -0.2) is 41.9 Å². The highest BCUT2D eigenvalue weighted by Gasteiger charge is 2.28. The van der Waals surface area contributed by atoms with Gasteiger partial charge >= 0.3 is 0 Å². The number of hydrogen-bond donors (Lipinski definition) is 1. The van der Waals surface area contributed by atoms with Gasteiger partial charge in [0.25, 0.3) is 11.8 Å². The number of ether oxygens (including phenoxy) is 1. The van der Waals surface area contributed by atoms with E-state index in [1.807, 2.05) is 47.4 Å². The monoisotopic (exact) mass is 389 g/mol. The second kappa shape index (κ2) is 7.91. The Bertz CT molecular complexity index is 1070. The first-order valence-corrected chi connectivity index (χ1v) is 9.69. The number of aromatic nitrogens is 1. The lowest BCUT2D eigenvalue weighted by atomic mass is 9.89. The fourth-order valence-electron chi connectivity index (χ4n) is 3.93. The molecule has 6 heteroatoms. The van der Waals surface area contributed by atoms with Crippen LogP contribution in [0, 0.1) is 0 Å². The predicted molar refractivity (Wildman–Crippen MR) is 111 cm³/mol. The quantitative estimate of drug-likeness (QED) is 0.741. The maximum Gasteiger partial charge on any atom is 0.253 e. The molecule has 0 spiro atoms. The molecule has 0 saturated carbocycles. The van der Waals surface area contributed by atoms with Gasteiger partial charge in [0.05, 0.1) is 23.9 Å². The highest BCUT2D eigenvalue weighted by molar-refractivity contribution is 5.98. The van der Waals surface area contributed by atoms with E-state index in [0.717, 1.165) is 29.4 Å². The number of piperidine rings is 1. The fourth-order valence-corrected chi connectivity index (χ4v) is 3.93. The van der Waals surface area contributed by atoms with Crippen molar-refractivity contribution >= 4 is 22.7 Å². The molecule has 2 heterocycles. The van der Waals surface area contributed by atoms with Gasteiger partial charge in [0.2, 0.25) is 0 Å². The molecule has 2 N–H and O–H groups in total. The molecule has 1 aromatic heterocycles. The molecule has 0 radical (unpaired) electrons. The van der Waals surface area contributed by atoms with Crippen LogP contribution in [0.1, 0.15) is 45.2 Å². The Balaban J connectivity index is 1.54. The molecule has 1 aliphatic heterocycles. The second-order valence-corrected chi connectivity index (χ2v) is 7.28. The van der Waals surface area contributed by atoms with Crippen molar-refractivity contribution < 1.29 is 14.3 Å². The van der Waals surface area contributed by atoms with Gasteiger partial charge in [-0.3, -0.25) is 14.6 Å². The Morgan fingerprint density at radius 3 is 2.55 bits per heavy atom. The van der Waals surface area contributed by atoms with Crippen LogP contribution in [0.2, 0.25) is 0 Å². The average Bonchev–Trinajstić information content (AvgIpc) is 2.77. The highest BCUT2D eigenvalue weighted by atomic mass is 16.5. The summed E-state index contributed by atoms with van der Waals surface area (Å²) in [5.41, 5.74) is 8.31. The summed E-state index contributed by atoms with van der Waals surface area (Å²) in [7, 11) is 1.59. The molecular formula is C23H23N3O3. The van der Waals surface area contributed by atoms with Crippen molar-refractivity contribution in [2.45, 2.75) is 18.8 Å². The number of carbonyl (C=O) groups is 2. The number of nitrogens with two attached hydrogens (primary N) is 1. The van der Waals surface area contributed by atoms with Crippen molar-refractivity contribution in [3.8, 4) is 5.75 Å². The van der Waals surface area contributed by atoms with Gasteiger partial charge in [0, 0.05) is 30.0 Å². The van der Waals surface area contributed by atoms with Crippen LogP contribution in [0.5, 0.6) is 5.75 Å². The maximum atomic E-state index is 12.8. The van der Waals surface area contributed by atoms with E-state index in [-0.39, 0.29) is 11.8 Å². The van der Waals surface area contributed by atoms with Gasteiger partial charge in [-0.05, 0) is 43.2 Å². The molecule has 1 saturated heterocycles. The maximum absolute atomic E-state index is 12.8. The highest BCUT2D eigenvalue weighted by Crippen LogP contribution is 2.31. The minimum atomic E-state index is -0.465. The largest absolute Gasteiger partial charge is 0.497 e. The molecule has 2 aromatic carbocycles. The molecule has 1 aliphatic rings. The number of hydrogen-bond acceptors (Lipinski definition) is 4. The summed E-state index contributed by atoms with van der Waals surface area (Å²) in [5.74, 6) is 0.283. The molecular weight excluding hydrogens is 366 g/mol. The number of nitrogens with zero attached hydrogens (tertiary/aromatic N) is 2. The first-order valence-electron chi connectivity index (χ1n) is 9.69. The zero-order chi connectivity index (χ0) is 20.4. The number of para-hydroxylation sites is 1. The van der Waals surface area contributed by atoms with Gasteiger partial charge in [0.15, 0.2) is 0 Å². The number of methoxy groups -OCH3 is 1. The van der Waals surface area contributed by atoms with Crippen molar-refractivity contribution in [3.63, 3.8) is 0 Å². The van der Waals surface area contributed by atoms with E-state index >= 15 is 0 Å². The van der Waals surface area contributed by atoms with Crippen LogP contribution in [-0.2, 0) is 0 Å². The number of likely N-dealkylation sites (tertiary alicyclic amines) is 1.